The average molecular weight is 299 g/mol. The highest BCUT2D eigenvalue weighted by Gasteiger charge is 2.06. The zero-order chi connectivity index (χ0) is 12.8. The van der Waals surface area contributed by atoms with Gasteiger partial charge in [-0.05, 0) is 52.9 Å². The maximum atomic E-state index is 11.8. The zero-order valence-corrected chi connectivity index (χ0v) is 11.9. The number of nitrogens with one attached hydrogen (secondary N) is 1. The van der Waals surface area contributed by atoms with E-state index in [1.807, 2.05) is 0 Å². The second kappa shape index (κ2) is 6.64. The van der Waals surface area contributed by atoms with Crippen LogP contribution in [-0.2, 0) is 0 Å². The monoisotopic (exact) mass is 298 g/mol. The number of carbonyl (C=O) groups is 1. The van der Waals surface area contributed by atoms with Crippen molar-refractivity contribution in [2.45, 2.75) is 26.7 Å². The Balaban J connectivity index is 2.44. The predicted octanol–water partition coefficient (Wildman–Crippen LogP) is 3.20. The van der Waals surface area contributed by atoms with E-state index in [2.05, 4.69) is 35.1 Å². The number of amides is 1. The van der Waals surface area contributed by atoms with Crippen LogP contribution in [0, 0.1) is 5.92 Å². The first-order valence-corrected chi connectivity index (χ1v) is 6.63. The molecule has 3 N–H and O–H groups in total. The summed E-state index contributed by atoms with van der Waals surface area (Å²) in [5.74, 6) is 0.614. The van der Waals surface area contributed by atoms with E-state index >= 15 is 0 Å². The molecule has 1 aromatic carbocycles. The molecule has 94 valence electrons. The highest BCUT2D eigenvalue weighted by molar-refractivity contribution is 9.10. The zero-order valence-electron chi connectivity index (χ0n) is 10.3. The van der Waals surface area contributed by atoms with Gasteiger partial charge in [0.25, 0.3) is 5.91 Å². The topological polar surface area (TPSA) is 55.1 Å². The van der Waals surface area contributed by atoms with Gasteiger partial charge in [0.1, 0.15) is 0 Å². The number of hydrogen-bond donors (Lipinski definition) is 2. The van der Waals surface area contributed by atoms with Gasteiger partial charge in [0, 0.05) is 22.3 Å². The number of halogens is 1. The maximum Gasteiger partial charge on any atom is 0.251 e. The molecular formula is C13H19BrN2O. The van der Waals surface area contributed by atoms with Crippen LogP contribution in [0.2, 0.25) is 0 Å². The number of carbonyl (C=O) groups excluding carboxylic acids is 1. The molecular weight excluding hydrogens is 280 g/mol. The van der Waals surface area contributed by atoms with Crippen LogP contribution < -0.4 is 11.1 Å². The van der Waals surface area contributed by atoms with E-state index in [1.54, 1.807) is 18.2 Å². The van der Waals surface area contributed by atoms with Gasteiger partial charge in [-0.15, -0.1) is 0 Å². The Labute approximate surface area is 111 Å². The molecule has 1 aromatic rings. The molecule has 0 aromatic heterocycles. The van der Waals surface area contributed by atoms with Crippen LogP contribution in [0.1, 0.15) is 37.0 Å². The van der Waals surface area contributed by atoms with Crippen molar-refractivity contribution in [1.82, 2.24) is 5.32 Å². The molecule has 17 heavy (non-hydrogen) atoms. The van der Waals surface area contributed by atoms with Gasteiger partial charge in [0.05, 0.1) is 0 Å². The highest BCUT2D eigenvalue weighted by Crippen LogP contribution is 2.20. The van der Waals surface area contributed by atoms with E-state index in [1.165, 1.54) is 0 Å². The minimum atomic E-state index is -0.0621. The standard InChI is InChI=1S/C13H19BrN2O/c1-9(2)4-3-7-16-13(17)10-5-6-11(14)12(15)8-10/h5-6,8-9H,3-4,7,15H2,1-2H3,(H,16,17). The van der Waals surface area contributed by atoms with Crippen LogP contribution in [0.3, 0.4) is 0 Å². The fraction of sp³-hybridized carbons (Fsp3) is 0.462. The molecule has 0 radical (unpaired) electrons. The van der Waals surface area contributed by atoms with Gasteiger partial charge >= 0.3 is 0 Å². The molecule has 0 spiro atoms. The van der Waals surface area contributed by atoms with Gasteiger partial charge in [-0.3, -0.25) is 4.79 Å². The van der Waals surface area contributed by atoms with Crippen molar-refractivity contribution in [3.63, 3.8) is 0 Å². The summed E-state index contributed by atoms with van der Waals surface area (Å²) in [5.41, 5.74) is 6.92. The Morgan fingerprint density at radius 3 is 2.76 bits per heavy atom. The number of benzene rings is 1. The van der Waals surface area contributed by atoms with E-state index < -0.39 is 0 Å². The molecule has 0 saturated heterocycles. The van der Waals surface area contributed by atoms with E-state index in [-0.39, 0.29) is 5.91 Å². The molecule has 4 heteroatoms. The quantitative estimate of drug-likeness (QED) is 0.648. The molecule has 0 aliphatic carbocycles. The summed E-state index contributed by atoms with van der Waals surface area (Å²) in [6, 6.07) is 5.23. The molecule has 0 aliphatic heterocycles. The first-order chi connectivity index (χ1) is 8.00. The fourth-order valence-corrected chi connectivity index (χ4v) is 1.75. The first kappa shape index (κ1) is 14.0. The third kappa shape index (κ3) is 4.77. The molecule has 0 bridgehead atoms. The van der Waals surface area contributed by atoms with Crippen LogP contribution in [0.5, 0.6) is 0 Å². The summed E-state index contributed by atoms with van der Waals surface area (Å²) in [7, 11) is 0. The Bertz CT molecular complexity index is 391. The number of anilines is 1. The van der Waals surface area contributed by atoms with Crippen molar-refractivity contribution >= 4 is 27.5 Å². The van der Waals surface area contributed by atoms with Crippen molar-refractivity contribution in [2.24, 2.45) is 5.92 Å². The van der Waals surface area contributed by atoms with E-state index in [4.69, 9.17) is 5.73 Å². The largest absolute Gasteiger partial charge is 0.398 e. The molecule has 0 aliphatic rings. The van der Waals surface area contributed by atoms with Crippen LogP contribution in [0.4, 0.5) is 5.69 Å². The summed E-state index contributed by atoms with van der Waals surface area (Å²) in [4.78, 5) is 11.8. The minimum absolute atomic E-state index is 0.0621. The van der Waals surface area contributed by atoms with Crippen LogP contribution in [-0.4, -0.2) is 12.5 Å². The van der Waals surface area contributed by atoms with Gasteiger partial charge < -0.3 is 11.1 Å². The molecule has 3 nitrogen and oxygen atoms in total. The minimum Gasteiger partial charge on any atom is -0.398 e. The Kier molecular flexibility index (Phi) is 5.48. The highest BCUT2D eigenvalue weighted by atomic mass is 79.9. The second-order valence-corrected chi connectivity index (χ2v) is 5.38. The third-order valence-electron chi connectivity index (χ3n) is 2.50. The van der Waals surface area contributed by atoms with Crippen molar-refractivity contribution < 1.29 is 4.79 Å². The van der Waals surface area contributed by atoms with Crippen molar-refractivity contribution in [3.05, 3.63) is 28.2 Å². The second-order valence-electron chi connectivity index (χ2n) is 4.53. The van der Waals surface area contributed by atoms with Gasteiger partial charge in [-0.25, -0.2) is 0 Å². The summed E-state index contributed by atoms with van der Waals surface area (Å²) >= 11 is 3.30. The SMILES string of the molecule is CC(C)CCCNC(=O)c1ccc(Br)c(N)c1. The summed E-state index contributed by atoms with van der Waals surface area (Å²) < 4.78 is 0.814. The lowest BCUT2D eigenvalue weighted by Gasteiger charge is -2.07. The van der Waals surface area contributed by atoms with Gasteiger partial charge in [-0.2, -0.15) is 0 Å². The molecule has 1 rings (SSSR count). The number of hydrogen-bond acceptors (Lipinski definition) is 2. The Morgan fingerprint density at radius 1 is 1.47 bits per heavy atom. The molecule has 0 saturated carbocycles. The summed E-state index contributed by atoms with van der Waals surface area (Å²) in [6.07, 6.45) is 2.14. The van der Waals surface area contributed by atoms with E-state index in [9.17, 15) is 4.79 Å². The molecule has 1 amide bonds. The van der Waals surface area contributed by atoms with Crippen molar-refractivity contribution in [2.75, 3.05) is 12.3 Å². The molecule has 0 atom stereocenters. The van der Waals surface area contributed by atoms with E-state index in [0.717, 1.165) is 17.3 Å². The Morgan fingerprint density at radius 2 is 2.18 bits per heavy atom. The third-order valence-corrected chi connectivity index (χ3v) is 3.22. The maximum absolute atomic E-state index is 11.8. The Hall–Kier alpha value is -1.03. The molecule has 0 heterocycles. The van der Waals surface area contributed by atoms with Crippen LogP contribution in [0.15, 0.2) is 22.7 Å². The average Bonchev–Trinajstić information content (AvgIpc) is 2.27. The number of nitrogen functional groups attached to an aromatic ring is 1. The first-order valence-electron chi connectivity index (χ1n) is 5.84. The lowest BCUT2D eigenvalue weighted by molar-refractivity contribution is 0.0952. The molecule has 0 fully saturated rings. The summed E-state index contributed by atoms with van der Waals surface area (Å²) in [6.45, 7) is 5.07. The lowest BCUT2D eigenvalue weighted by atomic mass is 10.1. The lowest BCUT2D eigenvalue weighted by Crippen LogP contribution is -2.24. The molecule has 0 unspecified atom stereocenters. The van der Waals surface area contributed by atoms with E-state index in [0.29, 0.717) is 23.7 Å². The number of rotatable bonds is 5. The predicted molar refractivity (Wildman–Crippen MR) is 75.0 cm³/mol. The van der Waals surface area contributed by atoms with Crippen LogP contribution >= 0.6 is 15.9 Å². The van der Waals surface area contributed by atoms with Gasteiger partial charge in [-0.1, -0.05) is 13.8 Å². The normalized spacial score (nSPS) is 10.6. The van der Waals surface area contributed by atoms with Crippen molar-refractivity contribution in [1.29, 1.82) is 0 Å². The smallest absolute Gasteiger partial charge is 0.251 e. The summed E-state index contributed by atoms with van der Waals surface area (Å²) in [5, 5.41) is 2.89. The van der Waals surface area contributed by atoms with Gasteiger partial charge in [0.2, 0.25) is 0 Å². The number of nitrogens with two attached hydrogens (primary N) is 1. The van der Waals surface area contributed by atoms with Crippen molar-refractivity contribution in [3.8, 4) is 0 Å². The van der Waals surface area contributed by atoms with Gasteiger partial charge in [0.15, 0.2) is 0 Å². The fourth-order valence-electron chi connectivity index (χ4n) is 1.50. The van der Waals surface area contributed by atoms with Crippen LogP contribution in [0.25, 0.3) is 0 Å².